The van der Waals surface area contributed by atoms with Crippen molar-refractivity contribution < 1.29 is 13.9 Å². The molecule has 5 aromatic rings. The van der Waals surface area contributed by atoms with Gasteiger partial charge in [0.25, 0.3) is 5.56 Å². The number of benzene rings is 3. The Morgan fingerprint density at radius 1 is 1.00 bits per heavy atom. The summed E-state index contributed by atoms with van der Waals surface area (Å²) in [6.45, 7) is 0.595. The number of esters is 1. The van der Waals surface area contributed by atoms with Crippen molar-refractivity contribution in [3.05, 3.63) is 107 Å². The molecule has 2 heterocycles. The molecule has 0 amide bonds. The van der Waals surface area contributed by atoms with Crippen LogP contribution in [0.4, 0.5) is 4.39 Å². The van der Waals surface area contributed by atoms with Crippen LogP contribution in [0.2, 0.25) is 0 Å². The van der Waals surface area contributed by atoms with Crippen molar-refractivity contribution in [1.82, 2.24) is 24.5 Å². The van der Waals surface area contributed by atoms with Crippen molar-refractivity contribution >= 4 is 16.9 Å². The first-order valence-electron chi connectivity index (χ1n) is 12.3. The van der Waals surface area contributed by atoms with Gasteiger partial charge in [0.2, 0.25) is 0 Å². The number of nitrogens with zero attached hydrogens (tertiary/aromatic N) is 5. The predicted octanol–water partition coefficient (Wildman–Crippen LogP) is 4.72. The molecule has 3 aromatic carbocycles. The minimum Gasteiger partial charge on any atom is -0.469 e. The first-order chi connectivity index (χ1) is 18.5. The van der Waals surface area contributed by atoms with E-state index in [9.17, 15) is 14.0 Å². The quantitative estimate of drug-likeness (QED) is 0.210. The highest BCUT2D eigenvalue weighted by Gasteiger charge is 2.15. The number of ether oxygens (including phenoxy) is 1. The molecule has 0 spiro atoms. The van der Waals surface area contributed by atoms with E-state index < -0.39 is 0 Å². The van der Waals surface area contributed by atoms with Gasteiger partial charge in [-0.3, -0.25) is 14.2 Å². The molecule has 0 atom stereocenters. The summed E-state index contributed by atoms with van der Waals surface area (Å²) in [5, 5.41) is 9.00. The molecule has 0 bridgehead atoms. The highest BCUT2D eigenvalue weighted by Crippen LogP contribution is 2.22. The topological polar surface area (TPSA) is 91.9 Å². The second-order valence-electron chi connectivity index (χ2n) is 8.95. The zero-order chi connectivity index (χ0) is 26.5. The predicted molar refractivity (Wildman–Crippen MR) is 141 cm³/mol. The Kier molecular flexibility index (Phi) is 7.35. The van der Waals surface area contributed by atoms with E-state index >= 15 is 0 Å². The minimum atomic E-state index is -0.389. The lowest BCUT2D eigenvalue weighted by Gasteiger charge is -2.14. The van der Waals surface area contributed by atoms with E-state index in [4.69, 9.17) is 9.72 Å². The third-order valence-electron chi connectivity index (χ3n) is 6.30. The molecular formula is C29H26FN5O3. The van der Waals surface area contributed by atoms with Crippen molar-refractivity contribution in [2.45, 2.75) is 32.2 Å². The molecule has 0 saturated heterocycles. The Morgan fingerprint density at radius 3 is 2.55 bits per heavy atom. The van der Waals surface area contributed by atoms with Crippen molar-refractivity contribution in [3.63, 3.8) is 0 Å². The Hall–Kier alpha value is -4.66. The summed E-state index contributed by atoms with van der Waals surface area (Å²) in [7, 11) is 1.36. The van der Waals surface area contributed by atoms with Gasteiger partial charge in [-0.1, -0.05) is 41.6 Å². The first-order valence-corrected chi connectivity index (χ1v) is 12.3. The van der Waals surface area contributed by atoms with E-state index in [1.807, 2.05) is 48.7 Å². The molecule has 8 nitrogen and oxygen atoms in total. The Labute approximate surface area is 218 Å². The molecular weight excluding hydrogens is 485 g/mol. The number of unbranched alkanes of at least 4 members (excludes halogenated alkanes) is 1. The van der Waals surface area contributed by atoms with Gasteiger partial charge in [0.1, 0.15) is 17.3 Å². The number of hydrogen-bond donors (Lipinski definition) is 0. The maximum absolute atomic E-state index is 13.6. The van der Waals surface area contributed by atoms with Crippen LogP contribution in [0.5, 0.6) is 0 Å². The van der Waals surface area contributed by atoms with Crippen LogP contribution >= 0.6 is 0 Å². The van der Waals surface area contributed by atoms with E-state index in [1.165, 1.54) is 23.8 Å². The molecule has 0 saturated carbocycles. The summed E-state index contributed by atoms with van der Waals surface area (Å²) >= 11 is 0. The highest BCUT2D eigenvalue weighted by molar-refractivity contribution is 5.83. The molecule has 0 unspecified atom stereocenters. The number of rotatable bonds is 9. The largest absolute Gasteiger partial charge is 0.469 e. The van der Waals surface area contributed by atoms with Gasteiger partial charge < -0.3 is 4.74 Å². The lowest BCUT2D eigenvalue weighted by Crippen LogP contribution is -2.24. The molecule has 0 radical (unpaired) electrons. The number of halogens is 1. The molecule has 0 aliphatic rings. The standard InChI is InChI=1S/C29H26FN5O3/c1-38-28(36)10-6-5-9-27-31-25-17-21(26-19-34(33-32-26)18-20-7-3-2-4-8-20)11-16-24(25)29(37)35(27)23-14-12-22(30)13-15-23/h2-4,7-8,11-17,19H,5-6,9-10,18H2,1H3. The lowest BCUT2D eigenvalue weighted by molar-refractivity contribution is -0.140. The number of carbonyl (C=O) groups excluding carboxylic acids is 1. The lowest BCUT2D eigenvalue weighted by atomic mass is 10.1. The number of carbonyl (C=O) groups is 1. The molecule has 0 fully saturated rings. The number of aryl methyl sites for hydroxylation is 1. The van der Waals surface area contributed by atoms with Crippen molar-refractivity contribution in [2.75, 3.05) is 7.11 Å². The molecule has 192 valence electrons. The molecule has 0 N–H and O–H groups in total. The molecule has 0 aliphatic carbocycles. The van der Waals surface area contributed by atoms with Crippen LogP contribution in [0.15, 0.2) is 83.8 Å². The second kappa shape index (κ2) is 11.2. The Balaban J connectivity index is 1.49. The third-order valence-corrected chi connectivity index (χ3v) is 6.30. The Bertz CT molecular complexity index is 1630. The average Bonchev–Trinajstić information content (AvgIpc) is 3.40. The highest BCUT2D eigenvalue weighted by atomic mass is 19.1. The van der Waals surface area contributed by atoms with Crippen LogP contribution in [0.3, 0.4) is 0 Å². The van der Waals surface area contributed by atoms with E-state index in [-0.39, 0.29) is 23.8 Å². The Morgan fingerprint density at radius 2 is 1.79 bits per heavy atom. The summed E-state index contributed by atoms with van der Waals surface area (Å²) in [4.78, 5) is 29.9. The van der Waals surface area contributed by atoms with Gasteiger partial charge in [-0.2, -0.15) is 0 Å². The maximum Gasteiger partial charge on any atom is 0.305 e. The average molecular weight is 512 g/mol. The van der Waals surface area contributed by atoms with Crippen LogP contribution in [0, 0.1) is 5.82 Å². The van der Waals surface area contributed by atoms with Crippen LogP contribution in [-0.4, -0.2) is 37.6 Å². The van der Waals surface area contributed by atoms with Crippen LogP contribution in [0.1, 0.15) is 30.7 Å². The fraction of sp³-hybridized carbons (Fsp3) is 0.207. The van der Waals surface area contributed by atoms with E-state index in [0.717, 1.165) is 11.1 Å². The van der Waals surface area contributed by atoms with Gasteiger partial charge >= 0.3 is 5.97 Å². The molecule has 38 heavy (non-hydrogen) atoms. The fourth-order valence-corrected chi connectivity index (χ4v) is 4.35. The summed E-state index contributed by atoms with van der Waals surface area (Å²) in [6.07, 6.45) is 3.82. The molecule has 5 rings (SSSR count). The second-order valence-corrected chi connectivity index (χ2v) is 8.95. The van der Waals surface area contributed by atoms with Gasteiger partial charge in [0.05, 0.1) is 36.4 Å². The van der Waals surface area contributed by atoms with Gasteiger partial charge in [-0.15, -0.1) is 5.10 Å². The zero-order valence-electron chi connectivity index (χ0n) is 20.9. The zero-order valence-corrected chi connectivity index (χ0v) is 20.9. The van der Waals surface area contributed by atoms with Gasteiger partial charge in [-0.25, -0.2) is 14.1 Å². The van der Waals surface area contributed by atoms with Gasteiger partial charge in [0, 0.05) is 18.4 Å². The normalized spacial score (nSPS) is 11.1. The van der Waals surface area contributed by atoms with Crippen molar-refractivity contribution in [2.24, 2.45) is 0 Å². The summed E-state index contributed by atoms with van der Waals surface area (Å²) in [6, 6.07) is 21.1. The number of fused-ring (bicyclic) bond motifs is 1. The fourth-order valence-electron chi connectivity index (χ4n) is 4.35. The molecule has 2 aromatic heterocycles. The summed E-state index contributed by atoms with van der Waals surface area (Å²) in [5.74, 6) is -0.138. The van der Waals surface area contributed by atoms with Crippen molar-refractivity contribution in [1.29, 1.82) is 0 Å². The van der Waals surface area contributed by atoms with Gasteiger partial charge in [0.15, 0.2) is 0 Å². The maximum atomic E-state index is 13.6. The van der Waals surface area contributed by atoms with Gasteiger partial charge in [-0.05, 0) is 54.8 Å². The van der Waals surface area contributed by atoms with Crippen LogP contribution in [-0.2, 0) is 22.5 Å². The smallest absolute Gasteiger partial charge is 0.305 e. The monoisotopic (exact) mass is 511 g/mol. The first kappa shape index (κ1) is 25.0. The SMILES string of the molecule is COC(=O)CCCCc1nc2cc(-c3cn(Cc4ccccc4)nn3)ccc2c(=O)n1-c1ccc(F)cc1. The molecule has 9 heteroatoms. The summed E-state index contributed by atoms with van der Waals surface area (Å²) in [5.41, 5.74) is 3.39. The van der Waals surface area contributed by atoms with Crippen LogP contribution in [0.25, 0.3) is 27.8 Å². The summed E-state index contributed by atoms with van der Waals surface area (Å²) < 4.78 is 21.6. The molecule has 0 aliphatic heterocycles. The van der Waals surface area contributed by atoms with E-state index in [1.54, 1.807) is 22.9 Å². The number of hydrogen-bond acceptors (Lipinski definition) is 6. The van der Waals surface area contributed by atoms with Crippen LogP contribution < -0.4 is 5.56 Å². The number of methoxy groups -OCH3 is 1. The number of aromatic nitrogens is 5. The van der Waals surface area contributed by atoms with E-state index in [2.05, 4.69) is 10.3 Å². The third kappa shape index (κ3) is 5.51. The minimum absolute atomic E-state index is 0.246. The van der Waals surface area contributed by atoms with E-state index in [0.29, 0.717) is 53.9 Å². The van der Waals surface area contributed by atoms with Crippen molar-refractivity contribution in [3.8, 4) is 16.9 Å².